The van der Waals surface area contributed by atoms with Crippen LogP contribution in [0, 0.1) is 0 Å². The van der Waals surface area contributed by atoms with Crippen LogP contribution in [0.25, 0.3) is 0 Å². The lowest BCUT2D eigenvalue weighted by Crippen LogP contribution is -2.39. The Morgan fingerprint density at radius 1 is 1.50 bits per heavy atom. The number of hydrogen-bond donors (Lipinski definition) is 2. The van der Waals surface area contributed by atoms with Crippen molar-refractivity contribution in [3.05, 3.63) is 0 Å². The van der Waals surface area contributed by atoms with Crippen molar-refractivity contribution in [1.29, 1.82) is 0 Å². The van der Waals surface area contributed by atoms with Gasteiger partial charge in [0.25, 0.3) is 0 Å². The summed E-state index contributed by atoms with van der Waals surface area (Å²) in [6.07, 6.45) is 3.09. The number of rotatable bonds is 5. The number of ether oxygens (including phenoxy) is 1. The van der Waals surface area contributed by atoms with Gasteiger partial charge in [0.05, 0.1) is 11.2 Å². The average molecular weight is 201 g/mol. The summed E-state index contributed by atoms with van der Waals surface area (Å²) < 4.78 is 5.65. The first-order valence-corrected chi connectivity index (χ1v) is 5.48. The maximum Gasteiger partial charge on any atom is 0.0779 e. The summed E-state index contributed by atoms with van der Waals surface area (Å²) in [5.74, 6) is 0. The van der Waals surface area contributed by atoms with Crippen molar-refractivity contribution in [3.63, 3.8) is 0 Å². The second-order valence-electron chi connectivity index (χ2n) is 5.14. The molecule has 1 unspecified atom stereocenters. The SMILES string of the molecule is CC(C)(O)CCNCC1(C)CCCO1. The molecule has 1 rings (SSSR count). The summed E-state index contributed by atoms with van der Waals surface area (Å²) in [5, 5.41) is 12.8. The highest BCUT2D eigenvalue weighted by atomic mass is 16.5. The van der Waals surface area contributed by atoms with Crippen LogP contribution in [-0.2, 0) is 4.74 Å². The van der Waals surface area contributed by atoms with Crippen molar-refractivity contribution in [2.75, 3.05) is 19.7 Å². The topological polar surface area (TPSA) is 41.5 Å². The molecule has 0 aromatic heterocycles. The maximum atomic E-state index is 9.50. The number of hydrogen-bond acceptors (Lipinski definition) is 3. The molecule has 0 spiro atoms. The van der Waals surface area contributed by atoms with Crippen LogP contribution >= 0.6 is 0 Å². The molecule has 1 atom stereocenters. The summed E-state index contributed by atoms with van der Waals surface area (Å²) >= 11 is 0. The van der Waals surface area contributed by atoms with Crippen molar-refractivity contribution < 1.29 is 9.84 Å². The molecule has 1 heterocycles. The molecule has 0 aromatic rings. The van der Waals surface area contributed by atoms with Gasteiger partial charge in [0.15, 0.2) is 0 Å². The molecule has 0 aromatic carbocycles. The van der Waals surface area contributed by atoms with E-state index in [1.807, 2.05) is 13.8 Å². The third-order valence-corrected chi connectivity index (χ3v) is 2.71. The van der Waals surface area contributed by atoms with Crippen LogP contribution in [0.5, 0.6) is 0 Å². The molecule has 3 heteroatoms. The van der Waals surface area contributed by atoms with Gasteiger partial charge in [-0.2, -0.15) is 0 Å². The van der Waals surface area contributed by atoms with E-state index in [-0.39, 0.29) is 5.60 Å². The van der Waals surface area contributed by atoms with E-state index < -0.39 is 5.60 Å². The van der Waals surface area contributed by atoms with Gasteiger partial charge in [0.2, 0.25) is 0 Å². The number of aliphatic hydroxyl groups is 1. The molecule has 3 nitrogen and oxygen atoms in total. The minimum atomic E-state index is -0.565. The van der Waals surface area contributed by atoms with Gasteiger partial charge in [0, 0.05) is 13.2 Å². The summed E-state index contributed by atoms with van der Waals surface area (Å²) in [4.78, 5) is 0. The zero-order valence-corrected chi connectivity index (χ0v) is 9.60. The van der Waals surface area contributed by atoms with Gasteiger partial charge in [0.1, 0.15) is 0 Å². The van der Waals surface area contributed by atoms with Crippen molar-refractivity contribution in [2.24, 2.45) is 0 Å². The van der Waals surface area contributed by atoms with E-state index >= 15 is 0 Å². The summed E-state index contributed by atoms with van der Waals surface area (Å²) in [7, 11) is 0. The van der Waals surface area contributed by atoms with E-state index in [1.54, 1.807) is 0 Å². The van der Waals surface area contributed by atoms with Crippen molar-refractivity contribution >= 4 is 0 Å². The predicted molar refractivity (Wildman–Crippen MR) is 57.4 cm³/mol. The summed E-state index contributed by atoms with van der Waals surface area (Å²) in [6.45, 7) is 8.46. The van der Waals surface area contributed by atoms with Crippen LogP contribution in [0.4, 0.5) is 0 Å². The zero-order chi connectivity index (χ0) is 10.7. The molecule has 0 bridgehead atoms. The quantitative estimate of drug-likeness (QED) is 0.659. The molecule has 1 aliphatic heterocycles. The van der Waals surface area contributed by atoms with E-state index in [1.165, 1.54) is 6.42 Å². The molecule has 0 radical (unpaired) electrons. The molecule has 2 N–H and O–H groups in total. The van der Waals surface area contributed by atoms with Crippen LogP contribution in [0.3, 0.4) is 0 Å². The van der Waals surface area contributed by atoms with Crippen LogP contribution in [0.1, 0.15) is 40.0 Å². The lowest BCUT2D eigenvalue weighted by Gasteiger charge is -2.24. The predicted octanol–water partition coefficient (Wildman–Crippen LogP) is 1.31. The Morgan fingerprint density at radius 3 is 2.71 bits per heavy atom. The van der Waals surface area contributed by atoms with Gasteiger partial charge < -0.3 is 15.2 Å². The van der Waals surface area contributed by atoms with E-state index in [0.717, 1.165) is 32.5 Å². The van der Waals surface area contributed by atoms with Gasteiger partial charge in [-0.05, 0) is 46.6 Å². The van der Waals surface area contributed by atoms with E-state index in [4.69, 9.17) is 4.74 Å². The molecular formula is C11H23NO2. The van der Waals surface area contributed by atoms with Gasteiger partial charge in [-0.1, -0.05) is 0 Å². The fourth-order valence-corrected chi connectivity index (χ4v) is 1.72. The fourth-order valence-electron chi connectivity index (χ4n) is 1.72. The third-order valence-electron chi connectivity index (χ3n) is 2.71. The molecule has 1 aliphatic rings. The first-order chi connectivity index (χ1) is 6.41. The standard InChI is InChI=1S/C11H23NO2/c1-10(2,13)6-7-12-9-11(3)5-4-8-14-11/h12-13H,4-9H2,1-3H3. The summed E-state index contributed by atoms with van der Waals surface area (Å²) in [6, 6.07) is 0. The Labute approximate surface area is 86.8 Å². The molecule has 14 heavy (non-hydrogen) atoms. The maximum absolute atomic E-state index is 9.50. The normalized spacial score (nSPS) is 28.3. The lowest BCUT2D eigenvalue weighted by atomic mass is 10.0. The molecular weight excluding hydrogens is 178 g/mol. The molecule has 0 amide bonds. The average Bonchev–Trinajstić information content (AvgIpc) is 2.45. The molecule has 1 saturated heterocycles. The van der Waals surface area contributed by atoms with Gasteiger partial charge in [-0.25, -0.2) is 0 Å². The minimum absolute atomic E-state index is 0.0274. The second-order valence-corrected chi connectivity index (χ2v) is 5.14. The van der Waals surface area contributed by atoms with E-state index in [2.05, 4.69) is 12.2 Å². The summed E-state index contributed by atoms with van der Waals surface area (Å²) in [5.41, 5.74) is -0.538. The van der Waals surface area contributed by atoms with Crippen molar-refractivity contribution in [3.8, 4) is 0 Å². The highest BCUT2D eigenvalue weighted by Crippen LogP contribution is 2.23. The highest BCUT2D eigenvalue weighted by Gasteiger charge is 2.29. The van der Waals surface area contributed by atoms with Crippen LogP contribution in [-0.4, -0.2) is 36.0 Å². The van der Waals surface area contributed by atoms with Crippen LogP contribution in [0.15, 0.2) is 0 Å². The van der Waals surface area contributed by atoms with Gasteiger partial charge >= 0.3 is 0 Å². The molecule has 84 valence electrons. The lowest BCUT2D eigenvalue weighted by molar-refractivity contribution is 0.0182. The van der Waals surface area contributed by atoms with Crippen molar-refractivity contribution in [1.82, 2.24) is 5.32 Å². The second kappa shape index (κ2) is 4.60. The van der Waals surface area contributed by atoms with Gasteiger partial charge in [-0.15, -0.1) is 0 Å². The zero-order valence-electron chi connectivity index (χ0n) is 9.60. The molecule has 0 saturated carbocycles. The monoisotopic (exact) mass is 201 g/mol. The molecule has 0 aliphatic carbocycles. The Morgan fingerprint density at radius 2 is 2.21 bits per heavy atom. The van der Waals surface area contributed by atoms with Crippen molar-refractivity contribution in [2.45, 2.75) is 51.2 Å². The Kier molecular flexibility index (Phi) is 3.93. The Bertz CT molecular complexity index is 169. The number of nitrogens with one attached hydrogen (secondary N) is 1. The largest absolute Gasteiger partial charge is 0.390 e. The first-order valence-electron chi connectivity index (χ1n) is 5.48. The fraction of sp³-hybridized carbons (Fsp3) is 1.00. The third kappa shape index (κ3) is 4.40. The molecule has 1 fully saturated rings. The smallest absolute Gasteiger partial charge is 0.0779 e. The Hall–Kier alpha value is -0.120. The van der Waals surface area contributed by atoms with Crippen LogP contribution in [0.2, 0.25) is 0 Å². The Balaban J connectivity index is 2.09. The minimum Gasteiger partial charge on any atom is -0.390 e. The highest BCUT2D eigenvalue weighted by molar-refractivity contribution is 4.82. The van der Waals surface area contributed by atoms with Gasteiger partial charge in [-0.3, -0.25) is 0 Å². The van der Waals surface area contributed by atoms with E-state index in [9.17, 15) is 5.11 Å². The first kappa shape index (κ1) is 12.0. The van der Waals surface area contributed by atoms with Crippen LogP contribution < -0.4 is 5.32 Å². The van der Waals surface area contributed by atoms with E-state index in [0.29, 0.717) is 0 Å².